The summed E-state index contributed by atoms with van der Waals surface area (Å²) in [5, 5.41) is 24.4. The van der Waals surface area contributed by atoms with Crippen molar-refractivity contribution in [3.05, 3.63) is 59.2 Å². The number of hydrogen-bond donors (Lipinski definition) is 2. The predicted molar refractivity (Wildman–Crippen MR) is 92.6 cm³/mol. The van der Waals surface area contributed by atoms with Crippen molar-refractivity contribution in [2.45, 2.75) is 13.2 Å². The lowest BCUT2D eigenvalue weighted by Gasteiger charge is -2.12. The third-order valence-corrected chi connectivity index (χ3v) is 3.50. The monoisotopic (exact) mass is 370 g/mol. The minimum atomic E-state index is -0.142. The molecule has 10 heteroatoms. The van der Waals surface area contributed by atoms with Crippen molar-refractivity contribution < 1.29 is 18.7 Å². The highest BCUT2D eigenvalue weighted by Crippen LogP contribution is 2.22. The highest BCUT2D eigenvalue weighted by atomic mass is 16.5. The molecule has 0 fully saturated rings. The highest BCUT2D eigenvalue weighted by Gasteiger charge is 2.16. The van der Waals surface area contributed by atoms with Crippen molar-refractivity contribution in [3.63, 3.8) is 0 Å². The molecule has 0 atom stereocenters. The molecule has 27 heavy (non-hydrogen) atoms. The Morgan fingerprint density at radius 3 is 2.78 bits per heavy atom. The van der Waals surface area contributed by atoms with Gasteiger partial charge >= 0.3 is 0 Å². The van der Waals surface area contributed by atoms with E-state index in [0.717, 1.165) is 4.68 Å². The van der Waals surface area contributed by atoms with Crippen LogP contribution in [0.5, 0.6) is 11.6 Å². The third-order valence-electron chi connectivity index (χ3n) is 3.50. The zero-order valence-corrected chi connectivity index (χ0v) is 14.8. The van der Waals surface area contributed by atoms with Crippen LogP contribution in [0.2, 0.25) is 0 Å². The van der Waals surface area contributed by atoms with Crippen molar-refractivity contribution in [1.29, 1.82) is 10.8 Å². The third kappa shape index (κ3) is 4.18. The fourth-order valence-electron chi connectivity index (χ4n) is 2.23. The molecule has 3 aromatic rings. The fraction of sp³-hybridized carbons (Fsp3) is 0.235. The first-order valence-electron chi connectivity index (χ1n) is 7.92. The molecule has 10 nitrogen and oxygen atoms in total. The van der Waals surface area contributed by atoms with Crippen molar-refractivity contribution in [2.24, 2.45) is 0 Å². The molecule has 3 rings (SSSR count). The molecule has 0 aromatic carbocycles. The fourth-order valence-corrected chi connectivity index (χ4v) is 2.23. The summed E-state index contributed by atoms with van der Waals surface area (Å²) in [5.74, 6) is 0.727. The van der Waals surface area contributed by atoms with Crippen LogP contribution < -0.4 is 15.0 Å². The summed E-state index contributed by atoms with van der Waals surface area (Å²) < 4.78 is 22.0. The molecule has 0 radical (unpaired) electrons. The first-order chi connectivity index (χ1) is 13.1. The molecule has 3 heterocycles. The van der Waals surface area contributed by atoms with Gasteiger partial charge < -0.3 is 18.7 Å². The summed E-state index contributed by atoms with van der Waals surface area (Å²) in [6.45, 7) is 0.393. The van der Waals surface area contributed by atoms with E-state index in [-0.39, 0.29) is 41.9 Å². The Balaban J connectivity index is 1.88. The Hall–Kier alpha value is -3.53. The molecule has 0 spiro atoms. The van der Waals surface area contributed by atoms with Gasteiger partial charge in [-0.3, -0.25) is 15.8 Å². The molecule has 0 saturated carbocycles. The van der Waals surface area contributed by atoms with Crippen molar-refractivity contribution >= 4 is 5.84 Å². The molecule has 0 bridgehead atoms. The molecule has 0 saturated heterocycles. The Bertz CT molecular complexity index is 983. The quantitative estimate of drug-likeness (QED) is 0.474. The molecular formula is C17H18N6O4. The molecule has 0 aliphatic heterocycles. The van der Waals surface area contributed by atoms with Crippen LogP contribution in [-0.2, 0) is 18.0 Å². The molecule has 0 aliphatic rings. The Morgan fingerprint density at radius 1 is 1.22 bits per heavy atom. The second kappa shape index (κ2) is 8.23. The van der Waals surface area contributed by atoms with Crippen LogP contribution in [0.1, 0.15) is 17.1 Å². The average Bonchev–Trinajstić information content (AvgIpc) is 3.16. The van der Waals surface area contributed by atoms with E-state index < -0.39 is 0 Å². The van der Waals surface area contributed by atoms with Crippen molar-refractivity contribution in [2.75, 3.05) is 14.2 Å². The number of nitrogens with zero attached hydrogens (tertiary/aromatic N) is 4. The Kier molecular flexibility index (Phi) is 5.57. The van der Waals surface area contributed by atoms with Gasteiger partial charge in [-0.05, 0) is 12.1 Å². The second-order valence-electron chi connectivity index (χ2n) is 5.38. The number of aromatic nitrogens is 4. The summed E-state index contributed by atoms with van der Waals surface area (Å²) in [7, 11) is 2.98. The lowest BCUT2D eigenvalue weighted by atomic mass is 10.3. The largest absolute Gasteiger partial charge is 0.491 e. The highest BCUT2D eigenvalue weighted by molar-refractivity contribution is 5.95. The van der Waals surface area contributed by atoms with E-state index in [1.165, 1.54) is 20.3 Å². The molecule has 140 valence electrons. The number of nitrogens with one attached hydrogen (secondary N) is 2. The minimum Gasteiger partial charge on any atom is -0.491 e. The van der Waals surface area contributed by atoms with Crippen molar-refractivity contribution in [1.82, 2.24) is 19.9 Å². The van der Waals surface area contributed by atoms with E-state index >= 15 is 0 Å². The lowest BCUT2D eigenvalue weighted by Crippen LogP contribution is -2.30. The summed E-state index contributed by atoms with van der Waals surface area (Å²) in [6, 6.07) is 8.43. The van der Waals surface area contributed by atoms with Crippen molar-refractivity contribution in [3.8, 4) is 11.6 Å². The Morgan fingerprint density at radius 2 is 2.07 bits per heavy atom. The van der Waals surface area contributed by atoms with Crippen LogP contribution in [0.4, 0.5) is 0 Å². The topological polar surface area (TPSA) is 132 Å². The number of ether oxygens (including phenoxy) is 3. The zero-order valence-electron chi connectivity index (χ0n) is 14.8. The number of methoxy groups -OCH3 is 2. The predicted octanol–water partition coefficient (Wildman–Crippen LogP) is 1.35. The van der Waals surface area contributed by atoms with Gasteiger partial charge in [-0.15, -0.1) is 5.10 Å². The first kappa shape index (κ1) is 18.3. The molecule has 0 amide bonds. The maximum atomic E-state index is 8.29. The first-order valence-corrected chi connectivity index (χ1v) is 7.92. The molecule has 0 unspecified atom stereocenters. The van der Waals surface area contributed by atoms with E-state index in [2.05, 4.69) is 15.2 Å². The molecule has 3 aromatic heterocycles. The number of pyridine rings is 1. The van der Waals surface area contributed by atoms with Gasteiger partial charge in [0.15, 0.2) is 28.5 Å². The summed E-state index contributed by atoms with van der Waals surface area (Å²) in [6.07, 6.45) is 1.66. The minimum absolute atomic E-state index is 0.0710. The van der Waals surface area contributed by atoms with Crippen LogP contribution in [-0.4, -0.2) is 40.0 Å². The van der Waals surface area contributed by atoms with Gasteiger partial charge in [-0.2, -0.15) is 4.68 Å². The molecule has 2 N–H and O–H groups in total. The SMILES string of the molecule is COCc1cc(C(=N)n2nc(OCc3ccccn3)c(OC)cc2=N)no1. The molecule has 0 aliphatic carbocycles. The van der Waals surface area contributed by atoms with Gasteiger partial charge in [0.2, 0.25) is 0 Å². The standard InChI is InChI=1S/C17H18N6O4/c1-24-10-12-7-13(22-27-12)16(19)23-15(18)8-14(25-2)17(21-23)26-9-11-5-3-4-6-20-11/h3-8,18-19H,9-10H2,1-2H3. The maximum Gasteiger partial charge on any atom is 0.275 e. The number of rotatable bonds is 7. The van der Waals surface area contributed by atoms with Crippen LogP contribution in [0.3, 0.4) is 0 Å². The molecular weight excluding hydrogens is 352 g/mol. The second-order valence-corrected chi connectivity index (χ2v) is 5.38. The van der Waals surface area contributed by atoms with Crippen LogP contribution in [0.25, 0.3) is 0 Å². The van der Waals surface area contributed by atoms with E-state index in [0.29, 0.717) is 11.5 Å². The van der Waals surface area contributed by atoms with E-state index in [9.17, 15) is 0 Å². The van der Waals surface area contributed by atoms with E-state index in [4.69, 9.17) is 29.6 Å². The normalized spacial score (nSPS) is 10.6. The summed E-state index contributed by atoms with van der Waals surface area (Å²) >= 11 is 0. The lowest BCUT2D eigenvalue weighted by molar-refractivity contribution is 0.156. The summed E-state index contributed by atoms with van der Waals surface area (Å²) in [4.78, 5) is 4.18. The maximum absolute atomic E-state index is 8.29. The smallest absolute Gasteiger partial charge is 0.275 e. The van der Waals surface area contributed by atoms with Crippen LogP contribution in [0.15, 0.2) is 41.1 Å². The van der Waals surface area contributed by atoms with Gasteiger partial charge in [0.05, 0.1) is 12.8 Å². The van der Waals surface area contributed by atoms with Gasteiger partial charge in [-0.1, -0.05) is 11.2 Å². The summed E-state index contributed by atoms with van der Waals surface area (Å²) in [5.41, 5.74) is 0.853. The zero-order chi connectivity index (χ0) is 19.2. The Labute approximate surface area is 154 Å². The average molecular weight is 370 g/mol. The van der Waals surface area contributed by atoms with Gasteiger partial charge in [0.25, 0.3) is 5.88 Å². The van der Waals surface area contributed by atoms with E-state index in [1.54, 1.807) is 12.3 Å². The van der Waals surface area contributed by atoms with Crippen LogP contribution >= 0.6 is 0 Å². The van der Waals surface area contributed by atoms with E-state index in [1.807, 2.05) is 18.2 Å². The van der Waals surface area contributed by atoms with Crippen LogP contribution in [0, 0.1) is 10.8 Å². The van der Waals surface area contributed by atoms with Gasteiger partial charge in [0.1, 0.15) is 13.2 Å². The number of hydrogen-bond acceptors (Lipinski definition) is 9. The van der Waals surface area contributed by atoms with Gasteiger partial charge in [-0.25, -0.2) is 0 Å². The van der Waals surface area contributed by atoms with Gasteiger partial charge in [0, 0.05) is 25.4 Å².